The molecule has 0 radical (unpaired) electrons. The second-order valence-electron chi connectivity index (χ2n) is 5.98. The third kappa shape index (κ3) is 3.95. The van der Waals surface area contributed by atoms with E-state index < -0.39 is 0 Å². The van der Waals surface area contributed by atoms with Crippen LogP contribution in [0.2, 0.25) is 0 Å². The normalized spacial score (nSPS) is 28.3. The first kappa shape index (κ1) is 13.8. The number of nitrogens with zero attached hydrogens (tertiary/aromatic N) is 1. The molecule has 2 rings (SSSR count). The van der Waals surface area contributed by atoms with Crippen LogP contribution in [0, 0.1) is 5.92 Å². The Labute approximate surface area is 110 Å². The number of rotatable bonds is 5. The summed E-state index contributed by atoms with van der Waals surface area (Å²) in [6, 6.07) is 0.410. The lowest BCUT2D eigenvalue weighted by molar-refractivity contribution is -0.131. The van der Waals surface area contributed by atoms with Gasteiger partial charge in [-0.3, -0.25) is 4.79 Å². The maximum Gasteiger partial charge on any atom is 0.224 e. The summed E-state index contributed by atoms with van der Waals surface area (Å²) < 4.78 is 5.81. The number of carbonyl (C=O) groups excluding carboxylic acids is 1. The van der Waals surface area contributed by atoms with Gasteiger partial charge in [-0.05, 0) is 31.7 Å². The predicted molar refractivity (Wildman–Crippen MR) is 71.4 cm³/mol. The highest BCUT2D eigenvalue weighted by Crippen LogP contribution is 2.17. The smallest absolute Gasteiger partial charge is 0.224 e. The first-order valence-corrected chi connectivity index (χ1v) is 7.28. The SMILES string of the molecule is CC(C)COC1CCN(C(=O)CC2CCCN2)C1. The van der Waals surface area contributed by atoms with E-state index in [1.54, 1.807) is 0 Å². The molecule has 2 heterocycles. The molecule has 1 amide bonds. The summed E-state index contributed by atoms with van der Waals surface area (Å²) in [5.74, 6) is 0.863. The van der Waals surface area contributed by atoms with E-state index in [2.05, 4.69) is 19.2 Å². The predicted octanol–water partition coefficient (Wildman–Crippen LogP) is 1.40. The minimum atomic E-state index is 0.257. The average Bonchev–Trinajstić information content (AvgIpc) is 2.96. The van der Waals surface area contributed by atoms with E-state index in [0.717, 1.165) is 39.1 Å². The average molecular weight is 254 g/mol. The lowest BCUT2D eigenvalue weighted by atomic mass is 10.1. The van der Waals surface area contributed by atoms with Gasteiger partial charge in [0.25, 0.3) is 0 Å². The van der Waals surface area contributed by atoms with Crippen molar-refractivity contribution in [3.05, 3.63) is 0 Å². The first-order chi connectivity index (χ1) is 8.65. The van der Waals surface area contributed by atoms with E-state index >= 15 is 0 Å². The Kier molecular flexibility index (Phi) is 5.01. The van der Waals surface area contributed by atoms with Gasteiger partial charge in [0.15, 0.2) is 0 Å². The van der Waals surface area contributed by atoms with Gasteiger partial charge in [0.05, 0.1) is 6.10 Å². The van der Waals surface area contributed by atoms with Gasteiger partial charge < -0.3 is 15.0 Å². The maximum absolute atomic E-state index is 12.1. The van der Waals surface area contributed by atoms with Crippen LogP contribution in [0.3, 0.4) is 0 Å². The van der Waals surface area contributed by atoms with Crippen LogP contribution in [0.25, 0.3) is 0 Å². The monoisotopic (exact) mass is 254 g/mol. The quantitative estimate of drug-likeness (QED) is 0.806. The summed E-state index contributed by atoms with van der Waals surface area (Å²) in [4.78, 5) is 14.1. The Bertz CT molecular complexity index is 275. The highest BCUT2D eigenvalue weighted by molar-refractivity contribution is 5.77. The Morgan fingerprint density at radius 2 is 2.28 bits per heavy atom. The summed E-state index contributed by atoms with van der Waals surface area (Å²) in [5, 5.41) is 3.38. The molecule has 4 nitrogen and oxygen atoms in total. The van der Waals surface area contributed by atoms with Crippen molar-refractivity contribution < 1.29 is 9.53 Å². The first-order valence-electron chi connectivity index (χ1n) is 7.28. The van der Waals surface area contributed by atoms with E-state index in [-0.39, 0.29) is 6.10 Å². The van der Waals surface area contributed by atoms with E-state index in [0.29, 0.717) is 24.3 Å². The van der Waals surface area contributed by atoms with Gasteiger partial charge in [-0.2, -0.15) is 0 Å². The molecular weight excluding hydrogens is 228 g/mol. The maximum atomic E-state index is 12.1. The number of amides is 1. The van der Waals surface area contributed by atoms with Gasteiger partial charge in [-0.15, -0.1) is 0 Å². The zero-order chi connectivity index (χ0) is 13.0. The molecule has 18 heavy (non-hydrogen) atoms. The molecule has 0 spiro atoms. The molecule has 2 unspecified atom stereocenters. The third-order valence-corrected chi connectivity index (χ3v) is 3.75. The largest absolute Gasteiger partial charge is 0.376 e. The van der Waals surface area contributed by atoms with Crippen molar-refractivity contribution in [2.24, 2.45) is 5.92 Å². The molecule has 0 aromatic heterocycles. The summed E-state index contributed by atoms with van der Waals surface area (Å²) in [7, 11) is 0. The van der Waals surface area contributed by atoms with Crippen molar-refractivity contribution in [1.29, 1.82) is 0 Å². The molecule has 0 saturated carbocycles. The second-order valence-corrected chi connectivity index (χ2v) is 5.98. The minimum absolute atomic E-state index is 0.257. The fourth-order valence-electron chi connectivity index (χ4n) is 2.69. The fraction of sp³-hybridized carbons (Fsp3) is 0.929. The zero-order valence-electron chi connectivity index (χ0n) is 11.7. The molecule has 2 saturated heterocycles. The number of nitrogens with one attached hydrogen (secondary N) is 1. The highest BCUT2D eigenvalue weighted by Gasteiger charge is 2.28. The molecule has 2 aliphatic heterocycles. The number of likely N-dealkylation sites (tertiary alicyclic amines) is 1. The summed E-state index contributed by atoms with van der Waals surface area (Å²) >= 11 is 0. The van der Waals surface area contributed by atoms with Crippen molar-refractivity contribution in [3.8, 4) is 0 Å². The lowest BCUT2D eigenvalue weighted by Crippen LogP contribution is -2.35. The minimum Gasteiger partial charge on any atom is -0.376 e. The molecule has 0 aliphatic carbocycles. The van der Waals surface area contributed by atoms with Crippen LogP contribution in [0.5, 0.6) is 0 Å². The lowest BCUT2D eigenvalue weighted by Gasteiger charge is -2.19. The molecule has 104 valence electrons. The molecule has 4 heteroatoms. The molecule has 2 fully saturated rings. The van der Waals surface area contributed by atoms with Crippen molar-refractivity contribution in [3.63, 3.8) is 0 Å². The highest BCUT2D eigenvalue weighted by atomic mass is 16.5. The van der Waals surface area contributed by atoms with Gasteiger partial charge in [0, 0.05) is 32.2 Å². The number of hydrogen-bond acceptors (Lipinski definition) is 3. The van der Waals surface area contributed by atoms with Crippen LogP contribution in [0.4, 0.5) is 0 Å². The number of hydrogen-bond donors (Lipinski definition) is 1. The Balaban J connectivity index is 1.69. The molecule has 2 atom stereocenters. The summed E-state index contributed by atoms with van der Waals surface area (Å²) in [5.41, 5.74) is 0. The van der Waals surface area contributed by atoms with Crippen LogP contribution in [0.15, 0.2) is 0 Å². The van der Waals surface area contributed by atoms with E-state index in [4.69, 9.17) is 4.74 Å². The molecule has 1 N–H and O–H groups in total. The molecule has 0 aromatic rings. The van der Waals surface area contributed by atoms with Crippen molar-refractivity contribution in [1.82, 2.24) is 10.2 Å². The molecular formula is C14H26N2O2. The van der Waals surface area contributed by atoms with Crippen LogP contribution in [-0.4, -0.2) is 49.2 Å². The van der Waals surface area contributed by atoms with Gasteiger partial charge in [0.1, 0.15) is 0 Å². The van der Waals surface area contributed by atoms with Crippen molar-refractivity contribution in [2.75, 3.05) is 26.2 Å². The zero-order valence-corrected chi connectivity index (χ0v) is 11.7. The fourth-order valence-corrected chi connectivity index (χ4v) is 2.69. The Morgan fingerprint density at radius 3 is 2.94 bits per heavy atom. The van der Waals surface area contributed by atoms with Crippen molar-refractivity contribution in [2.45, 2.75) is 51.7 Å². The van der Waals surface area contributed by atoms with E-state index in [1.165, 1.54) is 6.42 Å². The van der Waals surface area contributed by atoms with Crippen LogP contribution < -0.4 is 5.32 Å². The summed E-state index contributed by atoms with van der Waals surface area (Å²) in [6.45, 7) is 7.84. The van der Waals surface area contributed by atoms with Gasteiger partial charge in [0.2, 0.25) is 5.91 Å². The van der Waals surface area contributed by atoms with Gasteiger partial charge in [-0.1, -0.05) is 13.8 Å². The van der Waals surface area contributed by atoms with Crippen LogP contribution in [0.1, 0.15) is 39.5 Å². The van der Waals surface area contributed by atoms with E-state index in [1.807, 2.05) is 4.90 Å². The Hall–Kier alpha value is -0.610. The molecule has 2 aliphatic rings. The second kappa shape index (κ2) is 6.53. The summed E-state index contributed by atoms with van der Waals surface area (Å²) in [6.07, 6.45) is 4.27. The molecule has 0 bridgehead atoms. The van der Waals surface area contributed by atoms with Gasteiger partial charge in [-0.25, -0.2) is 0 Å². The van der Waals surface area contributed by atoms with Crippen LogP contribution in [-0.2, 0) is 9.53 Å². The third-order valence-electron chi connectivity index (χ3n) is 3.75. The number of carbonyl (C=O) groups is 1. The topological polar surface area (TPSA) is 41.6 Å². The van der Waals surface area contributed by atoms with Gasteiger partial charge >= 0.3 is 0 Å². The Morgan fingerprint density at radius 1 is 1.44 bits per heavy atom. The molecule has 0 aromatic carbocycles. The van der Waals surface area contributed by atoms with Crippen LogP contribution >= 0.6 is 0 Å². The van der Waals surface area contributed by atoms with Crippen molar-refractivity contribution >= 4 is 5.91 Å². The number of ether oxygens (including phenoxy) is 1. The standard InChI is InChI=1S/C14H26N2O2/c1-11(2)10-18-13-5-7-16(9-13)14(17)8-12-4-3-6-15-12/h11-13,15H,3-10H2,1-2H3. The van der Waals surface area contributed by atoms with E-state index in [9.17, 15) is 4.79 Å².